The Morgan fingerprint density at radius 1 is 1.32 bits per heavy atom. The summed E-state index contributed by atoms with van der Waals surface area (Å²) in [7, 11) is 0. The van der Waals surface area contributed by atoms with E-state index in [4.69, 9.17) is 23.2 Å². The third kappa shape index (κ3) is 3.47. The normalized spacial score (nSPS) is 12.6. The van der Waals surface area contributed by atoms with Crippen LogP contribution in [0.2, 0.25) is 10.0 Å². The van der Waals surface area contributed by atoms with Crippen LogP contribution < -0.4 is 0 Å². The summed E-state index contributed by atoms with van der Waals surface area (Å²) in [6.07, 6.45) is 2.33. The Morgan fingerprint density at radius 2 is 2.11 bits per heavy atom. The van der Waals surface area contributed by atoms with Gasteiger partial charge in [-0.15, -0.1) is 5.10 Å². The van der Waals surface area contributed by atoms with Crippen molar-refractivity contribution in [2.75, 3.05) is 0 Å². The van der Waals surface area contributed by atoms with Crippen molar-refractivity contribution in [3.8, 4) is 0 Å². The lowest BCUT2D eigenvalue weighted by atomic mass is 10.1. The minimum absolute atomic E-state index is 0.452. The highest BCUT2D eigenvalue weighted by Crippen LogP contribution is 2.25. The van der Waals surface area contributed by atoms with E-state index in [1.807, 2.05) is 6.07 Å². The maximum Gasteiger partial charge on any atom is 0.101 e. The predicted molar refractivity (Wildman–Crippen MR) is 75.4 cm³/mol. The van der Waals surface area contributed by atoms with Crippen LogP contribution in [0.3, 0.4) is 0 Å². The third-order valence-electron chi connectivity index (χ3n) is 2.84. The molecule has 0 spiro atoms. The van der Waals surface area contributed by atoms with Gasteiger partial charge in [-0.3, -0.25) is 0 Å². The van der Waals surface area contributed by atoms with Crippen LogP contribution in [0.15, 0.2) is 24.4 Å². The molecule has 1 heterocycles. The molecule has 0 aliphatic rings. The van der Waals surface area contributed by atoms with E-state index in [0.717, 1.165) is 18.5 Å². The molecule has 1 unspecified atom stereocenters. The lowest BCUT2D eigenvalue weighted by Gasteiger charge is -2.12. The molecule has 0 amide bonds. The van der Waals surface area contributed by atoms with Crippen molar-refractivity contribution in [2.24, 2.45) is 0 Å². The van der Waals surface area contributed by atoms with Crippen LogP contribution in [-0.2, 0) is 13.0 Å². The van der Waals surface area contributed by atoms with E-state index in [1.54, 1.807) is 23.0 Å². The van der Waals surface area contributed by atoms with Crippen LogP contribution in [0.5, 0.6) is 0 Å². The molecule has 0 fully saturated rings. The van der Waals surface area contributed by atoms with Crippen molar-refractivity contribution in [1.29, 1.82) is 0 Å². The van der Waals surface area contributed by atoms with Gasteiger partial charge in [0, 0.05) is 13.0 Å². The highest BCUT2D eigenvalue weighted by atomic mass is 35.5. The number of aliphatic hydroxyl groups is 1. The molecule has 0 bridgehead atoms. The van der Waals surface area contributed by atoms with Gasteiger partial charge in [-0.05, 0) is 24.1 Å². The maximum absolute atomic E-state index is 10.3. The van der Waals surface area contributed by atoms with Crippen molar-refractivity contribution in [3.05, 3.63) is 45.7 Å². The highest BCUT2D eigenvalue weighted by molar-refractivity contribution is 6.42. The van der Waals surface area contributed by atoms with E-state index in [2.05, 4.69) is 17.2 Å². The zero-order valence-corrected chi connectivity index (χ0v) is 12.1. The Balaban J connectivity index is 2.13. The van der Waals surface area contributed by atoms with Crippen LogP contribution in [0.25, 0.3) is 0 Å². The lowest BCUT2D eigenvalue weighted by molar-refractivity contribution is 0.166. The molecule has 1 aromatic heterocycles. The minimum Gasteiger partial charge on any atom is -0.386 e. The molecule has 0 saturated heterocycles. The molecule has 4 nitrogen and oxygen atoms in total. The summed E-state index contributed by atoms with van der Waals surface area (Å²) < 4.78 is 1.72. The van der Waals surface area contributed by atoms with E-state index >= 15 is 0 Å². The Kier molecular flexibility index (Phi) is 4.80. The minimum atomic E-state index is -0.654. The number of rotatable bonds is 5. The summed E-state index contributed by atoms with van der Waals surface area (Å²) in [6.45, 7) is 2.80. The molecular weight excluding hydrogens is 285 g/mol. The molecule has 2 aromatic rings. The molecular formula is C13H15Cl2N3O. The van der Waals surface area contributed by atoms with E-state index in [9.17, 15) is 5.11 Å². The van der Waals surface area contributed by atoms with Crippen molar-refractivity contribution in [2.45, 2.75) is 32.4 Å². The van der Waals surface area contributed by atoms with Gasteiger partial charge in [-0.2, -0.15) is 0 Å². The van der Waals surface area contributed by atoms with E-state index in [0.29, 0.717) is 22.2 Å². The number of aryl methyl sites for hydroxylation is 1. The smallest absolute Gasteiger partial charge is 0.101 e. The van der Waals surface area contributed by atoms with E-state index < -0.39 is 6.10 Å². The Morgan fingerprint density at radius 3 is 2.79 bits per heavy atom. The van der Waals surface area contributed by atoms with Gasteiger partial charge in [-0.1, -0.05) is 41.4 Å². The summed E-state index contributed by atoms with van der Waals surface area (Å²) in [5, 5.41) is 19.1. The SMILES string of the molecule is CCCn1nncc1C(O)Cc1ccc(Cl)c(Cl)c1. The average Bonchev–Trinajstić information content (AvgIpc) is 2.83. The molecule has 1 atom stereocenters. The monoisotopic (exact) mass is 299 g/mol. The highest BCUT2D eigenvalue weighted by Gasteiger charge is 2.15. The molecule has 0 radical (unpaired) electrons. The lowest BCUT2D eigenvalue weighted by Crippen LogP contribution is -2.11. The Hall–Kier alpha value is -1.10. The summed E-state index contributed by atoms with van der Waals surface area (Å²) >= 11 is 11.8. The van der Waals surface area contributed by atoms with Crippen LogP contribution in [0.1, 0.15) is 30.7 Å². The number of hydrogen-bond donors (Lipinski definition) is 1. The summed E-state index contributed by atoms with van der Waals surface area (Å²) in [5.41, 5.74) is 1.64. The molecule has 6 heteroatoms. The fraction of sp³-hybridized carbons (Fsp3) is 0.385. The molecule has 0 saturated carbocycles. The van der Waals surface area contributed by atoms with Gasteiger partial charge < -0.3 is 5.11 Å². The van der Waals surface area contributed by atoms with E-state index in [-0.39, 0.29) is 0 Å². The molecule has 1 N–H and O–H groups in total. The molecule has 1 aromatic carbocycles. The van der Waals surface area contributed by atoms with Gasteiger partial charge in [0.1, 0.15) is 6.10 Å². The summed E-state index contributed by atoms with van der Waals surface area (Å²) in [4.78, 5) is 0. The average molecular weight is 300 g/mol. The molecule has 102 valence electrons. The second-order valence-electron chi connectivity index (χ2n) is 4.35. The number of aromatic nitrogens is 3. The van der Waals surface area contributed by atoms with Crippen molar-refractivity contribution in [1.82, 2.24) is 15.0 Å². The van der Waals surface area contributed by atoms with Crippen molar-refractivity contribution < 1.29 is 5.11 Å². The quantitative estimate of drug-likeness (QED) is 0.922. The second kappa shape index (κ2) is 6.37. The number of hydrogen-bond acceptors (Lipinski definition) is 3. The maximum atomic E-state index is 10.3. The summed E-state index contributed by atoms with van der Waals surface area (Å²) in [6, 6.07) is 5.35. The molecule has 0 aliphatic heterocycles. The van der Waals surface area contributed by atoms with Crippen molar-refractivity contribution in [3.63, 3.8) is 0 Å². The van der Waals surface area contributed by atoms with Crippen LogP contribution >= 0.6 is 23.2 Å². The number of benzene rings is 1. The zero-order chi connectivity index (χ0) is 13.8. The number of halogens is 2. The first-order valence-electron chi connectivity index (χ1n) is 6.12. The summed E-state index contributed by atoms with van der Waals surface area (Å²) in [5.74, 6) is 0. The molecule has 19 heavy (non-hydrogen) atoms. The van der Waals surface area contributed by atoms with Crippen LogP contribution in [-0.4, -0.2) is 20.1 Å². The van der Waals surface area contributed by atoms with E-state index in [1.165, 1.54) is 0 Å². The third-order valence-corrected chi connectivity index (χ3v) is 3.58. The van der Waals surface area contributed by atoms with Gasteiger partial charge in [0.25, 0.3) is 0 Å². The first kappa shape index (κ1) is 14.3. The van der Waals surface area contributed by atoms with Crippen LogP contribution in [0, 0.1) is 0 Å². The number of nitrogens with zero attached hydrogens (tertiary/aromatic N) is 3. The second-order valence-corrected chi connectivity index (χ2v) is 5.16. The van der Waals surface area contributed by atoms with Crippen LogP contribution in [0.4, 0.5) is 0 Å². The number of aliphatic hydroxyl groups excluding tert-OH is 1. The largest absolute Gasteiger partial charge is 0.386 e. The standard InChI is InChI=1S/C13H15Cl2N3O/c1-2-5-18-12(8-16-17-18)13(19)7-9-3-4-10(14)11(15)6-9/h3-4,6,8,13,19H,2,5,7H2,1H3. The molecule has 2 rings (SSSR count). The first-order valence-corrected chi connectivity index (χ1v) is 6.87. The Labute approximate surface area is 122 Å². The van der Waals surface area contributed by atoms with Gasteiger partial charge in [-0.25, -0.2) is 4.68 Å². The van der Waals surface area contributed by atoms with Gasteiger partial charge in [0.15, 0.2) is 0 Å². The first-order chi connectivity index (χ1) is 9.11. The van der Waals surface area contributed by atoms with Crippen molar-refractivity contribution >= 4 is 23.2 Å². The topological polar surface area (TPSA) is 50.9 Å². The predicted octanol–water partition coefficient (Wildman–Crippen LogP) is 3.27. The van der Waals surface area contributed by atoms with Gasteiger partial charge in [0.2, 0.25) is 0 Å². The fourth-order valence-corrected chi connectivity index (χ4v) is 2.22. The Bertz CT molecular complexity index is 557. The zero-order valence-electron chi connectivity index (χ0n) is 10.6. The fourth-order valence-electron chi connectivity index (χ4n) is 1.90. The van der Waals surface area contributed by atoms with Gasteiger partial charge in [0.05, 0.1) is 21.9 Å². The van der Waals surface area contributed by atoms with Gasteiger partial charge >= 0.3 is 0 Å². The molecule has 0 aliphatic carbocycles.